The number of aliphatic hydroxyl groups is 1. The van der Waals surface area contributed by atoms with Crippen molar-refractivity contribution in [1.82, 2.24) is 14.7 Å². The summed E-state index contributed by atoms with van der Waals surface area (Å²) in [5.74, 6) is -0.846. The number of hydrogen-bond donors (Lipinski definition) is 2. The summed E-state index contributed by atoms with van der Waals surface area (Å²) < 4.78 is 1.77. The van der Waals surface area contributed by atoms with E-state index in [0.29, 0.717) is 5.69 Å². The molecule has 0 radical (unpaired) electrons. The second kappa shape index (κ2) is 7.40. The van der Waals surface area contributed by atoms with Gasteiger partial charge in [-0.2, -0.15) is 5.10 Å². The molecule has 0 saturated heterocycles. The molecule has 0 fully saturated rings. The lowest BCUT2D eigenvalue weighted by Gasteiger charge is -2.19. The fourth-order valence-electron chi connectivity index (χ4n) is 2.78. The predicted octanol–water partition coefficient (Wildman–Crippen LogP) is 0.713. The molecule has 1 aromatic heterocycles. The smallest absolute Gasteiger partial charge is 0.277 e. The van der Waals surface area contributed by atoms with Gasteiger partial charge in [-0.05, 0) is 24.3 Å². The Morgan fingerprint density at radius 3 is 2.58 bits per heavy atom. The minimum atomic E-state index is -0.429. The van der Waals surface area contributed by atoms with Crippen LogP contribution in [0.4, 0.5) is 11.4 Å². The van der Waals surface area contributed by atoms with E-state index in [-0.39, 0.29) is 18.8 Å². The van der Waals surface area contributed by atoms with Crippen LogP contribution in [0.3, 0.4) is 0 Å². The Hall–Kier alpha value is -3.13. The molecule has 2 amide bonds. The molecule has 0 saturated carbocycles. The van der Waals surface area contributed by atoms with Crippen molar-refractivity contribution in [2.24, 2.45) is 7.05 Å². The predicted molar refractivity (Wildman–Crippen MR) is 97.3 cm³/mol. The number of hydrogen-bond acceptors (Lipinski definition) is 6. The lowest BCUT2D eigenvalue weighted by atomic mass is 10.2. The Bertz CT molecular complexity index is 841. The van der Waals surface area contributed by atoms with Gasteiger partial charge < -0.3 is 15.3 Å². The number of nitrogens with zero attached hydrogens (tertiary/aromatic N) is 4. The number of imide groups is 1. The van der Waals surface area contributed by atoms with Crippen LogP contribution in [0, 0.1) is 0 Å². The molecule has 1 aliphatic heterocycles. The Labute approximate surface area is 151 Å². The number of β-amino-alcohol motifs (C(OH)–C–C–N with tert-alkyl or cyclic N) is 1. The number of carbonyl (C=O) groups is 2. The molecule has 136 valence electrons. The number of aryl methyl sites for hydroxylation is 1. The van der Waals surface area contributed by atoms with Gasteiger partial charge in [0.05, 0.1) is 19.3 Å². The first-order valence-electron chi connectivity index (χ1n) is 8.22. The third kappa shape index (κ3) is 3.75. The van der Waals surface area contributed by atoms with E-state index in [1.54, 1.807) is 4.68 Å². The molecule has 2 aromatic rings. The van der Waals surface area contributed by atoms with Crippen molar-refractivity contribution in [1.29, 1.82) is 0 Å². The normalized spacial score (nSPS) is 14.0. The van der Waals surface area contributed by atoms with Crippen molar-refractivity contribution in [3.63, 3.8) is 0 Å². The monoisotopic (exact) mass is 355 g/mol. The van der Waals surface area contributed by atoms with Crippen LogP contribution in [0.25, 0.3) is 0 Å². The van der Waals surface area contributed by atoms with E-state index in [1.807, 2.05) is 50.8 Å². The van der Waals surface area contributed by atoms with Crippen LogP contribution >= 0.6 is 0 Å². The second-order valence-electron chi connectivity index (χ2n) is 6.13. The summed E-state index contributed by atoms with van der Waals surface area (Å²) in [4.78, 5) is 27.0. The highest BCUT2D eigenvalue weighted by Crippen LogP contribution is 2.21. The van der Waals surface area contributed by atoms with Crippen molar-refractivity contribution in [2.45, 2.75) is 6.54 Å². The van der Waals surface area contributed by atoms with Crippen molar-refractivity contribution >= 4 is 23.2 Å². The molecule has 3 rings (SSSR count). The molecule has 2 N–H and O–H groups in total. The molecular weight excluding hydrogens is 334 g/mol. The minimum Gasteiger partial charge on any atom is -0.395 e. The van der Waals surface area contributed by atoms with Crippen LogP contribution < -0.4 is 10.2 Å². The average Bonchev–Trinajstić information content (AvgIpc) is 3.14. The van der Waals surface area contributed by atoms with Gasteiger partial charge in [-0.15, -0.1) is 0 Å². The Morgan fingerprint density at radius 1 is 1.23 bits per heavy atom. The zero-order chi connectivity index (χ0) is 18.7. The van der Waals surface area contributed by atoms with Gasteiger partial charge in [-0.25, -0.2) is 0 Å². The number of amides is 2. The van der Waals surface area contributed by atoms with Gasteiger partial charge in [0.2, 0.25) is 0 Å². The molecule has 0 spiro atoms. The molecule has 0 aliphatic carbocycles. The number of aliphatic hydroxyl groups excluding tert-OH is 1. The number of anilines is 2. The Balaban J connectivity index is 1.64. The molecule has 1 aromatic carbocycles. The van der Waals surface area contributed by atoms with Crippen LogP contribution in [-0.2, 0) is 23.2 Å². The van der Waals surface area contributed by atoms with E-state index in [2.05, 4.69) is 15.3 Å². The maximum absolute atomic E-state index is 12.1. The number of nitrogens with one attached hydrogen (secondary N) is 1. The highest BCUT2D eigenvalue weighted by molar-refractivity contribution is 6.17. The van der Waals surface area contributed by atoms with Gasteiger partial charge in [-0.3, -0.25) is 19.2 Å². The van der Waals surface area contributed by atoms with Gasteiger partial charge in [0.15, 0.2) is 0 Å². The molecular formula is C18H21N5O3. The second-order valence-corrected chi connectivity index (χ2v) is 6.13. The highest BCUT2D eigenvalue weighted by atomic mass is 16.3. The summed E-state index contributed by atoms with van der Waals surface area (Å²) in [5, 5.41) is 16.1. The summed E-state index contributed by atoms with van der Waals surface area (Å²) in [6.07, 6.45) is 5.06. The molecule has 0 atom stereocenters. The average molecular weight is 355 g/mol. The van der Waals surface area contributed by atoms with E-state index in [9.17, 15) is 9.59 Å². The fourth-order valence-corrected chi connectivity index (χ4v) is 2.78. The largest absolute Gasteiger partial charge is 0.395 e. The van der Waals surface area contributed by atoms with Gasteiger partial charge >= 0.3 is 0 Å². The molecule has 8 heteroatoms. The molecule has 26 heavy (non-hydrogen) atoms. The van der Waals surface area contributed by atoms with E-state index in [4.69, 9.17) is 5.11 Å². The van der Waals surface area contributed by atoms with E-state index in [1.165, 1.54) is 6.08 Å². The number of benzene rings is 1. The maximum atomic E-state index is 12.1. The van der Waals surface area contributed by atoms with Crippen LogP contribution in [0.2, 0.25) is 0 Å². The number of carbonyl (C=O) groups excluding carboxylic acids is 2. The molecule has 0 unspecified atom stereocenters. The summed E-state index contributed by atoms with van der Waals surface area (Å²) in [5.41, 5.74) is 3.05. The van der Waals surface area contributed by atoms with Crippen molar-refractivity contribution < 1.29 is 14.7 Å². The molecule has 2 heterocycles. The van der Waals surface area contributed by atoms with Gasteiger partial charge in [0.25, 0.3) is 11.8 Å². The van der Waals surface area contributed by atoms with Crippen molar-refractivity contribution in [3.05, 3.63) is 54.0 Å². The quantitative estimate of drug-likeness (QED) is 0.711. The fraction of sp³-hybridized carbons (Fsp3) is 0.278. The van der Waals surface area contributed by atoms with E-state index >= 15 is 0 Å². The molecule has 0 bridgehead atoms. The standard InChI is InChI=1S/C18H21N5O3/c1-21(11-13-10-19-22(2)12-13)15-5-3-14(4-6-15)20-16-9-17(25)23(7-8-24)18(16)26/h3-6,9-10,12,20,24H,7-8,11H2,1-2H3. The van der Waals surface area contributed by atoms with Gasteiger partial charge in [0.1, 0.15) is 5.70 Å². The minimum absolute atomic E-state index is 0.00256. The Kier molecular flexibility index (Phi) is 5.04. The first-order chi connectivity index (χ1) is 12.5. The maximum Gasteiger partial charge on any atom is 0.277 e. The van der Waals surface area contributed by atoms with Crippen LogP contribution in [0.15, 0.2) is 48.4 Å². The Morgan fingerprint density at radius 2 is 1.96 bits per heavy atom. The van der Waals surface area contributed by atoms with E-state index < -0.39 is 11.8 Å². The van der Waals surface area contributed by atoms with Gasteiger partial charge in [-0.1, -0.05) is 0 Å². The van der Waals surface area contributed by atoms with Crippen LogP contribution in [0.5, 0.6) is 0 Å². The SMILES string of the molecule is CN(Cc1cnn(C)c1)c1ccc(NC2=CC(=O)N(CCO)C2=O)cc1. The zero-order valence-electron chi connectivity index (χ0n) is 14.7. The third-order valence-electron chi connectivity index (χ3n) is 4.10. The first-order valence-corrected chi connectivity index (χ1v) is 8.22. The zero-order valence-corrected chi connectivity index (χ0v) is 14.7. The lowest BCUT2D eigenvalue weighted by molar-refractivity contribution is -0.137. The molecule has 8 nitrogen and oxygen atoms in total. The summed E-state index contributed by atoms with van der Waals surface area (Å²) in [7, 11) is 3.87. The third-order valence-corrected chi connectivity index (χ3v) is 4.10. The number of aromatic nitrogens is 2. The molecule has 1 aliphatic rings. The van der Waals surface area contributed by atoms with Crippen LogP contribution in [-0.4, -0.2) is 51.8 Å². The summed E-state index contributed by atoms with van der Waals surface area (Å²) >= 11 is 0. The summed E-state index contributed by atoms with van der Waals surface area (Å²) in [6.45, 7) is 0.475. The topological polar surface area (TPSA) is 90.7 Å². The lowest BCUT2D eigenvalue weighted by Crippen LogP contribution is -2.34. The summed E-state index contributed by atoms with van der Waals surface area (Å²) in [6, 6.07) is 7.57. The first kappa shape index (κ1) is 17.7. The van der Waals surface area contributed by atoms with E-state index in [0.717, 1.165) is 22.7 Å². The number of rotatable bonds is 7. The van der Waals surface area contributed by atoms with Crippen LogP contribution in [0.1, 0.15) is 5.56 Å². The van der Waals surface area contributed by atoms with Crippen molar-refractivity contribution in [3.8, 4) is 0 Å². The van der Waals surface area contributed by atoms with Crippen molar-refractivity contribution in [2.75, 3.05) is 30.4 Å². The van der Waals surface area contributed by atoms with Gasteiger partial charge in [0, 0.05) is 49.9 Å². The highest BCUT2D eigenvalue weighted by Gasteiger charge is 2.30.